The maximum absolute atomic E-state index is 3.75. The predicted octanol–water partition coefficient (Wildman–Crippen LogP) is 4.06. The summed E-state index contributed by atoms with van der Waals surface area (Å²) in [7, 11) is 4.28. The minimum Gasteiger partial charge on any atom is -0.309 e. The van der Waals surface area contributed by atoms with Crippen LogP contribution in [-0.4, -0.2) is 30.4 Å². The van der Waals surface area contributed by atoms with Crippen molar-refractivity contribution in [1.29, 1.82) is 0 Å². The van der Waals surface area contributed by atoms with E-state index in [4.69, 9.17) is 0 Å². The maximum atomic E-state index is 3.75. The van der Waals surface area contributed by atoms with Crippen molar-refractivity contribution in [2.24, 2.45) is 0 Å². The molecule has 0 fully saturated rings. The Kier molecular flexibility index (Phi) is 10.3. The number of nitrogens with zero attached hydrogens (tertiary/aromatic N) is 1. The van der Waals surface area contributed by atoms with Gasteiger partial charge in [-0.05, 0) is 33.5 Å². The third-order valence-corrected chi connectivity index (χ3v) is 3.43. The summed E-state index contributed by atoms with van der Waals surface area (Å²) in [5.74, 6) is 0. The molecule has 0 heterocycles. The van der Waals surface area contributed by atoms with Crippen molar-refractivity contribution >= 4 is 15.9 Å². The van der Waals surface area contributed by atoms with Crippen LogP contribution < -0.4 is 0 Å². The number of alkyl halides is 1. The van der Waals surface area contributed by atoms with E-state index in [9.17, 15) is 0 Å². The minimum atomic E-state index is 0.728. The van der Waals surface area contributed by atoms with Crippen molar-refractivity contribution in [3.63, 3.8) is 0 Å². The highest BCUT2D eigenvalue weighted by Gasteiger charge is 2.03. The van der Waals surface area contributed by atoms with Gasteiger partial charge in [-0.3, -0.25) is 0 Å². The summed E-state index contributed by atoms with van der Waals surface area (Å²) in [5, 5.41) is 0. The maximum Gasteiger partial charge on any atom is 0.0158 e. The Morgan fingerprint density at radius 1 is 1.00 bits per heavy atom. The molecule has 0 aliphatic carbocycles. The first kappa shape index (κ1) is 14.4. The van der Waals surface area contributed by atoms with E-state index >= 15 is 0 Å². The van der Waals surface area contributed by atoms with E-state index in [0.717, 1.165) is 4.83 Å². The van der Waals surface area contributed by atoms with E-state index in [0.29, 0.717) is 0 Å². The molecular weight excluding hydrogens is 238 g/mol. The van der Waals surface area contributed by atoms with Crippen LogP contribution in [0.2, 0.25) is 0 Å². The Labute approximate surface area is 98.4 Å². The smallest absolute Gasteiger partial charge is 0.0158 e. The topological polar surface area (TPSA) is 3.24 Å². The average molecular weight is 264 g/mol. The summed E-state index contributed by atoms with van der Waals surface area (Å²) in [5.41, 5.74) is 0. The Morgan fingerprint density at radius 3 is 2.21 bits per heavy atom. The molecule has 0 aromatic rings. The van der Waals surface area contributed by atoms with Crippen molar-refractivity contribution in [3.05, 3.63) is 0 Å². The molecule has 0 aromatic heterocycles. The lowest BCUT2D eigenvalue weighted by molar-refractivity contribution is 0.393. The van der Waals surface area contributed by atoms with Crippen LogP contribution >= 0.6 is 15.9 Å². The second-order valence-corrected chi connectivity index (χ2v) is 5.69. The van der Waals surface area contributed by atoms with Crippen molar-refractivity contribution in [2.45, 2.75) is 56.7 Å². The van der Waals surface area contributed by atoms with Crippen molar-refractivity contribution < 1.29 is 0 Å². The molecule has 1 nitrogen and oxygen atoms in total. The fourth-order valence-electron chi connectivity index (χ4n) is 1.51. The molecule has 86 valence electrons. The fraction of sp³-hybridized carbons (Fsp3) is 1.00. The highest BCUT2D eigenvalue weighted by molar-refractivity contribution is 9.09. The molecule has 2 heteroatoms. The first-order chi connectivity index (χ1) is 6.66. The Morgan fingerprint density at radius 2 is 1.64 bits per heavy atom. The normalized spacial score (nSPS) is 13.5. The molecule has 0 radical (unpaired) electrons. The zero-order valence-corrected chi connectivity index (χ0v) is 11.6. The molecule has 0 bridgehead atoms. The Bertz CT molecular complexity index is 115. The quantitative estimate of drug-likeness (QED) is 0.448. The zero-order chi connectivity index (χ0) is 10.8. The van der Waals surface area contributed by atoms with Crippen molar-refractivity contribution in [3.8, 4) is 0 Å². The van der Waals surface area contributed by atoms with Gasteiger partial charge in [-0.2, -0.15) is 0 Å². The fourth-order valence-corrected chi connectivity index (χ4v) is 2.04. The van der Waals surface area contributed by atoms with Crippen LogP contribution in [-0.2, 0) is 0 Å². The zero-order valence-electron chi connectivity index (χ0n) is 10.1. The van der Waals surface area contributed by atoms with Crippen LogP contribution in [0.4, 0.5) is 0 Å². The van der Waals surface area contributed by atoms with Gasteiger partial charge in [-0.25, -0.2) is 0 Å². The van der Waals surface area contributed by atoms with Gasteiger partial charge in [-0.1, -0.05) is 55.0 Å². The summed E-state index contributed by atoms with van der Waals surface area (Å²) in [4.78, 5) is 2.98. The van der Waals surface area contributed by atoms with Crippen LogP contribution in [0.15, 0.2) is 0 Å². The molecule has 0 aromatic carbocycles. The van der Waals surface area contributed by atoms with Gasteiger partial charge in [0.1, 0.15) is 0 Å². The van der Waals surface area contributed by atoms with E-state index in [-0.39, 0.29) is 0 Å². The van der Waals surface area contributed by atoms with Gasteiger partial charge in [0.05, 0.1) is 0 Å². The van der Waals surface area contributed by atoms with Crippen LogP contribution in [0.25, 0.3) is 0 Å². The number of unbranched alkanes of at least 4 members (excludes halogenated alkanes) is 4. The van der Waals surface area contributed by atoms with Crippen LogP contribution in [0, 0.1) is 0 Å². The summed E-state index contributed by atoms with van der Waals surface area (Å²) in [6.45, 7) is 3.47. The van der Waals surface area contributed by atoms with Gasteiger partial charge in [0.25, 0.3) is 0 Å². The molecule has 14 heavy (non-hydrogen) atoms. The summed E-state index contributed by atoms with van der Waals surface area (Å²) in [6.07, 6.45) is 9.60. The molecule has 0 saturated heterocycles. The second-order valence-electron chi connectivity index (χ2n) is 4.39. The Balaban J connectivity index is 3.14. The number of hydrogen-bond acceptors (Lipinski definition) is 1. The van der Waals surface area contributed by atoms with Gasteiger partial charge in [-0.15, -0.1) is 0 Å². The largest absolute Gasteiger partial charge is 0.309 e. The molecule has 0 N–H and O–H groups in total. The van der Waals surface area contributed by atoms with Crippen molar-refractivity contribution in [1.82, 2.24) is 4.90 Å². The lowest BCUT2D eigenvalue weighted by atomic mass is 10.1. The third-order valence-electron chi connectivity index (χ3n) is 2.51. The molecule has 0 aliphatic heterocycles. The highest BCUT2D eigenvalue weighted by Crippen LogP contribution is 2.15. The molecule has 1 atom stereocenters. The van der Waals surface area contributed by atoms with E-state index in [1.165, 1.54) is 51.5 Å². The minimum absolute atomic E-state index is 0.728. The molecule has 1 unspecified atom stereocenters. The van der Waals surface area contributed by atoms with Crippen molar-refractivity contribution in [2.75, 3.05) is 20.6 Å². The van der Waals surface area contributed by atoms with E-state index in [1.54, 1.807) is 0 Å². The van der Waals surface area contributed by atoms with E-state index in [1.807, 2.05) is 0 Å². The first-order valence-corrected chi connectivity index (χ1v) is 6.87. The lowest BCUT2D eigenvalue weighted by Gasteiger charge is -2.13. The van der Waals surface area contributed by atoms with Crippen LogP contribution in [0.1, 0.15) is 51.9 Å². The SMILES string of the molecule is CCCCCCCC(Br)CCN(C)C. The first-order valence-electron chi connectivity index (χ1n) is 5.95. The molecule has 0 saturated carbocycles. The number of halogens is 1. The van der Waals surface area contributed by atoms with Gasteiger partial charge in [0.15, 0.2) is 0 Å². The van der Waals surface area contributed by atoms with Gasteiger partial charge >= 0.3 is 0 Å². The van der Waals surface area contributed by atoms with Crippen LogP contribution in [0.5, 0.6) is 0 Å². The predicted molar refractivity (Wildman–Crippen MR) is 69.3 cm³/mol. The summed E-state index contributed by atoms with van der Waals surface area (Å²) >= 11 is 3.75. The highest BCUT2D eigenvalue weighted by atomic mass is 79.9. The lowest BCUT2D eigenvalue weighted by Crippen LogP contribution is -2.16. The van der Waals surface area contributed by atoms with Crippen LogP contribution in [0.3, 0.4) is 0 Å². The molecule has 0 aliphatic rings. The summed E-state index contributed by atoms with van der Waals surface area (Å²) < 4.78 is 0. The monoisotopic (exact) mass is 263 g/mol. The Hall–Kier alpha value is 0.440. The molecule has 0 spiro atoms. The van der Waals surface area contributed by atoms with Gasteiger partial charge in [0.2, 0.25) is 0 Å². The third kappa shape index (κ3) is 10.5. The number of hydrogen-bond donors (Lipinski definition) is 0. The number of rotatable bonds is 9. The van der Waals surface area contributed by atoms with Gasteiger partial charge < -0.3 is 4.90 Å². The van der Waals surface area contributed by atoms with E-state index in [2.05, 4.69) is 41.8 Å². The molecule has 0 amide bonds. The standard InChI is InChI=1S/C12H26BrN/c1-4-5-6-7-8-9-12(13)10-11-14(2)3/h12H,4-11H2,1-3H3. The average Bonchev–Trinajstić information content (AvgIpc) is 2.14. The molecule has 0 rings (SSSR count). The second kappa shape index (κ2) is 9.97. The summed E-state index contributed by atoms with van der Waals surface area (Å²) in [6, 6.07) is 0. The molecular formula is C12H26BrN. The van der Waals surface area contributed by atoms with Gasteiger partial charge in [0, 0.05) is 4.83 Å². The van der Waals surface area contributed by atoms with E-state index < -0.39 is 0 Å².